The maximum Gasteiger partial charge on any atom is 0.308 e. The number of oxime groups is 1. The van der Waals surface area contributed by atoms with Gasteiger partial charge in [0.25, 0.3) is 0 Å². The first-order chi connectivity index (χ1) is 6.76. The third-order valence-corrected chi connectivity index (χ3v) is 3.49. The fourth-order valence-electron chi connectivity index (χ4n) is 2.81. The Morgan fingerprint density at radius 2 is 2.00 bits per heavy atom. The summed E-state index contributed by atoms with van der Waals surface area (Å²) in [5.74, 6) is 0.521. The minimum Gasteiger partial charge on any atom is -0.469 e. The first-order valence-corrected chi connectivity index (χ1v) is 5.06. The van der Waals surface area contributed by atoms with Crippen LogP contribution in [0.1, 0.15) is 25.7 Å². The monoisotopic (exact) mass is 197 g/mol. The fourth-order valence-corrected chi connectivity index (χ4v) is 2.81. The summed E-state index contributed by atoms with van der Waals surface area (Å²) in [6, 6.07) is 0. The van der Waals surface area contributed by atoms with Crippen LogP contribution in [0.2, 0.25) is 0 Å². The number of methoxy groups -OCH3 is 1. The van der Waals surface area contributed by atoms with Crippen LogP contribution in [0.25, 0.3) is 0 Å². The van der Waals surface area contributed by atoms with Crippen LogP contribution < -0.4 is 0 Å². The van der Waals surface area contributed by atoms with Gasteiger partial charge >= 0.3 is 5.97 Å². The molecule has 4 nitrogen and oxygen atoms in total. The molecule has 0 aliphatic heterocycles. The van der Waals surface area contributed by atoms with Crippen LogP contribution in [-0.4, -0.2) is 24.0 Å². The highest BCUT2D eigenvalue weighted by Gasteiger charge is 2.42. The van der Waals surface area contributed by atoms with E-state index in [2.05, 4.69) is 5.16 Å². The van der Waals surface area contributed by atoms with Gasteiger partial charge in [-0.15, -0.1) is 0 Å². The van der Waals surface area contributed by atoms with Gasteiger partial charge < -0.3 is 9.94 Å². The molecule has 14 heavy (non-hydrogen) atoms. The predicted molar refractivity (Wildman–Crippen MR) is 50.2 cm³/mol. The van der Waals surface area contributed by atoms with Crippen molar-refractivity contribution in [3.63, 3.8) is 0 Å². The van der Waals surface area contributed by atoms with Gasteiger partial charge in [0.05, 0.1) is 18.7 Å². The minimum atomic E-state index is -0.112. The average molecular weight is 197 g/mol. The van der Waals surface area contributed by atoms with E-state index < -0.39 is 0 Å². The number of hydrogen-bond donors (Lipinski definition) is 1. The second-order valence-corrected chi connectivity index (χ2v) is 4.19. The molecule has 78 valence electrons. The van der Waals surface area contributed by atoms with E-state index in [-0.39, 0.29) is 11.9 Å². The lowest BCUT2D eigenvalue weighted by Crippen LogP contribution is -2.31. The molecule has 0 aromatic carbocycles. The molecule has 2 rings (SSSR count). The second-order valence-electron chi connectivity index (χ2n) is 4.19. The molecule has 2 aliphatic carbocycles. The lowest BCUT2D eigenvalue weighted by atomic mass is 9.79. The van der Waals surface area contributed by atoms with Crippen molar-refractivity contribution in [1.82, 2.24) is 0 Å². The molecule has 2 atom stereocenters. The van der Waals surface area contributed by atoms with Crippen molar-refractivity contribution in [3.05, 3.63) is 0 Å². The molecule has 2 bridgehead atoms. The zero-order valence-electron chi connectivity index (χ0n) is 8.27. The van der Waals surface area contributed by atoms with Crippen molar-refractivity contribution < 1.29 is 14.7 Å². The van der Waals surface area contributed by atoms with Crippen molar-refractivity contribution in [2.24, 2.45) is 22.9 Å². The van der Waals surface area contributed by atoms with Crippen LogP contribution in [0.15, 0.2) is 5.16 Å². The molecule has 2 saturated carbocycles. The van der Waals surface area contributed by atoms with Gasteiger partial charge in [0.2, 0.25) is 0 Å². The van der Waals surface area contributed by atoms with Crippen LogP contribution in [0, 0.1) is 17.8 Å². The number of carbonyl (C=O) groups excluding carboxylic acids is 1. The fraction of sp³-hybridized carbons (Fsp3) is 0.800. The van der Waals surface area contributed by atoms with Crippen molar-refractivity contribution in [3.8, 4) is 0 Å². The van der Waals surface area contributed by atoms with Crippen molar-refractivity contribution in [2.45, 2.75) is 25.7 Å². The molecule has 0 heterocycles. The van der Waals surface area contributed by atoms with Gasteiger partial charge in [0.15, 0.2) is 0 Å². The Hall–Kier alpha value is -1.06. The van der Waals surface area contributed by atoms with Crippen LogP contribution >= 0.6 is 0 Å². The van der Waals surface area contributed by atoms with Crippen LogP contribution in [0.3, 0.4) is 0 Å². The zero-order valence-corrected chi connectivity index (χ0v) is 8.27. The number of carbonyl (C=O) groups is 1. The van der Waals surface area contributed by atoms with E-state index in [1.807, 2.05) is 0 Å². The summed E-state index contributed by atoms with van der Waals surface area (Å²) in [7, 11) is 1.43. The molecule has 4 heteroatoms. The van der Waals surface area contributed by atoms with Gasteiger partial charge in [-0.2, -0.15) is 0 Å². The molecule has 2 fully saturated rings. The van der Waals surface area contributed by atoms with E-state index in [9.17, 15) is 4.79 Å². The predicted octanol–water partition coefficient (Wildman–Crippen LogP) is 1.43. The van der Waals surface area contributed by atoms with E-state index in [0.29, 0.717) is 11.8 Å². The molecular weight excluding hydrogens is 182 g/mol. The van der Waals surface area contributed by atoms with E-state index in [1.165, 1.54) is 7.11 Å². The summed E-state index contributed by atoms with van der Waals surface area (Å²) in [6.07, 6.45) is 3.69. The van der Waals surface area contributed by atoms with E-state index in [1.54, 1.807) is 0 Å². The van der Waals surface area contributed by atoms with Crippen LogP contribution in [-0.2, 0) is 9.53 Å². The summed E-state index contributed by atoms with van der Waals surface area (Å²) in [5, 5.41) is 12.2. The van der Waals surface area contributed by atoms with E-state index >= 15 is 0 Å². The van der Waals surface area contributed by atoms with E-state index in [4.69, 9.17) is 9.94 Å². The third kappa shape index (κ3) is 1.38. The Kier molecular flexibility index (Phi) is 2.44. The Morgan fingerprint density at radius 3 is 2.43 bits per heavy atom. The molecule has 0 aromatic rings. The lowest BCUT2D eigenvalue weighted by Gasteiger charge is -2.26. The first kappa shape index (κ1) is 9.49. The van der Waals surface area contributed by atoms with Crippen LogP contribution in [0.4, 0.5) is 0 Å². The maximum atomic E-state index is 11.4. The third-order valence-electron chi connectivity index (χ3n) is 3.49. The topological polar surface area (TPSA) is 58.9 Å². The van der Waals surface area contributed by atoms with Gasteiger partial charge in [0.1, 0.15) is 0 Å². The Morgan fingerprint density at radius 1 is 1.43 bits per heavy atom. The van der Waals surface area contributed by atoms with Gasteiger partial charge in [-0.25, -0.2) is 0 Å². The lowest BCUT2D eigenvalue weighted by molar-refractivity contribution is -0.146. The smallest absolute Gasteiger partial charge is 0.308 e. The summed E-state index contributed by atoms with van der Waals surface area (Å²) in [4.78, 5) is 11.4. The molecule has 2 unspecified atom stereocenters. The standard InChI is InChI=1S/C10H15NO3/c1-14-10(12)8-4-6-2-3-7(5-8)9(6)11-13/h6-8,13H,2-5H2,1H3. The highest BCUT2D eigenvalue weighted by Crippen LogP contribution is 2.43. The molecule has 1 N–H and O–H groups in total. The molecular formula is C10H15NO3. The Labute approximate surface area is 82.9 Å². The molecule has 0 saturated heterocycles. The summed E-state index contributed by atoms with van der Waals surface area (Å²) in [6.45, 7) is 0. The summed E-state index contributed by atoms with van der Waals surface area (Å²) < 4.78 is 4.74. The largest absolute Gasteiger partial charge is 0.469 e. The van der Waals surface area contributed by atoms with Crippen molar-refractivity contribution >= 4 is 11.7 Å². The number of esters is 1. The summed E-state index contributed by atoms with van der Waals surface area (Å²) >= 11 is 0. The molecule has 2 aliphatic rings. The second kappa shape index (κ2) is 3.59. The van der Waals surface area contributed by atoms with E-state index in [0.717, 1.165) is 31.4 Å². The number of rotatable bonds is 1. The molecule has 0 amide bonds. The van der Waals surface area contributed by atoms with Crippen LogP contribution in [0.5, 0.6) is 0 Å². The van der Waals surface area contributed by atoms with Crippen molar-refractivity contribution in [2.75, 3.05) is 7.11 Å². The molecule has 0 aromatic heterocycles. The first-order valence-electron chi connectivity index (χ1n) is 5.06. The highest BCUT2D eigenvalue weighted by atomic mass is 16.5. The maximum absolute atomic E-state index is 11.4. The average Bonchev–Trinajstić information content (AvgIpc) is 2.46. The minimum absolute atomic E-state index is 0.0167. The van der Waals surface area contributed by atoms with Gasteiger partial charge in [-0.1, -0.05) is 5.16 Å². The van der Waals surface area contributed by atoms with Crippen molar-refractivity contribution in [1.29, 1.82) is 0 Å². The van der Waals surface area contributed by atoms with Gasteiger partial charge in [0, 0.05) is 11.8 Å². The number of ether oxygens (including phenoxy) is 1. The Bertz CT molecular complexity index is 259. The highest BCUT2D eigenvalue weighted by molar-refractivity contribution is 5.92. The zero-order chi connectivity index (χ0) is 10.1. The SMILES string of the molecule is COC(=O)C1CC2CCC(C1)C2=NO. The number of hydrogen-bond acceptors (Lipinski definition) is 4. The molecule has 0 radical (unpaired) electrons. The van der Waals surface area contributed by atoms with Gasteiger partial charge in [-0.3, -0.25) is 4.79 Å². The normalized spacial score (nSPS) is 35.5. The molecule has 0 spiro atoms. The number of fused-ring (bicyclic) bond motifs is 2. The Balaban J connectivity index is 2.09. The van der Waals surface area contributed by atoms with Gasteiger partial charge in [-0.05, 0) is 25.7 Å². The quantitative estimate of drug-likeness (QED) is 0.393. The number of nitrogens with zero attached hydrogens (tertiary/aromatic N) is 1. The summed E-state index contributed by atoms with van der Waals surface area (Å²) in [5.41, 5.74) is 0.908.